The van der Waals surface area contributed by atoms with Gasteiger partial charge in [-0.1, -0.05) is 33.6 Å². The van der Waals surface area contributed by atoms with Crippen molar-refractivity contribution >= 4 is 5.97 Å². The zero-order chi connectivity index (χ0) is 19.4. The van der Waals surface area contributed by atoms with Gasteiger partial charge in [0.2, 0.25) is 0 Å². The third-order valence-electron chi connectivity index (χ3n) is 10.2. The maximum absolute atomic E-state index is 11.2. The van der Waals surface area contributed by atoms with Gasteiger partial charge in [-0.15, -0.1) is 0 Å². The SMILES string of the molecule is C[C@@H](CCC(=O)O)[C@H]1CC[C@H]2[C@H]3[C@H](O)C[C@@H]4CCCC[C@]4(C)[C@@H]3CC[C@]12C. The van der Waals surface area contributed by atoms with Crippen LogP contribution in [-0.4, -0.2) is 22.3 Å². The van der Waals surface area contributed by atoms with Gasteiger partial charge < -0.3 is 10.2 Å². The summed E-state index contributed by atoms with van der Waals surface area (Å²) in [5.74, 6) is 3.02. The number of carbonyl (C=O) groups is 1. The molecule has 0 spiro atoms. The molecule has 0 unspecified atom stereocenters. The predicted molar refractivity (Wildman–Crippen MR) is 107 cm³/mol. The number of aliphatic hydroxyl groups is 1. The second kappa shape index (κ2) is 7.04. The molecule has 4 rings (SSSR count). The van der Waals surface area contributed by atoms with Crippen LogP contribution < -0.4 is 0 Å². The summed E-state index contributed by atoms with van der Waals surface area (Å²) in [7, 11) is 0. The topological polar surface area (TPSA) is 57.5 Å². The highest BCUT2D eigenvalue weighted by molar-refractivity contribution is 5.66. The van der Waals surface area contributed by atoms with E-state index < -0.39 is 5.97 Å². The quantitative estimate of drug-likeness (QED) is 0.680. The van der Waals surface area contributed by atoms with Crippen LogP contribution in [0.5, 0.6) is 0 Å². The van der Waals surface area contributed by atoms with E-state index in [4.69, 9.17) is 5.11 Å². The van der Waals surface area contributed by atoms with Gasteiger partial charge in [0.15, 0.2) is 0 Å². The lowest BCUT2D eigenvalue weighted by atomic mass is 9.44. The van der Waals surface area contributed by atoms with Crippen molar-refractivity contribution in [3.8, 4) is 0 Å². The normalized spacial score (nSPS) is 50.4. The lowest BCUT2D eigenvalue weighted by Gasteiger charge is -2.62. The van der Waals surface area contributed by atoms with Crippen LogP contribution in [0, 0.1) is 46.3 Å². The first-order valence-electron chi connectivity index (χ1n) is 11.7. The van der Waals surface area contributed by atoms with E-state index in [2.05, 4.69) is 20.8 Å². The van der Waals surface area contributed by atoms with Crippen molar-refractivity contribution < 1.29 is 15.0 Å². The molecule has 3 heteroatoms. The first kappa shape index (κ1) is 19.7. The van der Waals surface area contributed by atoms with Crippen LogP contribution >= 0.6 is 0 Å². The second-order valence-corrected chi connectivity index (χ2v) is 11.2. The van der Waals surface area contributed by atoms with E-state index in [0.29, 0.717) is 46.8 Å². The molecule has 0 aliphatic heterocycles. The van der Waals surface area contributed by atoms with Gasteiger partial charge in [0.1, 0.15) is 0 Å². The summed E-state index contributed by atoms with van der Waals surface area (Å²) in [6.07, 6.45) is 12.5. The Balaban J connectivity index is 1.56. The number of carboxylic acid groups (broad SMARTS) is 1. The van der Waals surface area contributed by atoms with E-state index in [1.54, 1.807) is 0 Å². The predicted octanol–water partition coefficient (Wildman–Crippen LogP) is 5.51. The van der Waals surface area contributed by atoms with Crippen LogP contribution in [0.4, 0.5) is 0 Å². The Labute approximate surface area is 165 Å². The Bertz CT molecular complexity index is 574. The Morgan fingerprint density at radius 1 is 1.04 bits per heavy atom. The van der Waals surface area contributed by atoms with Crippen molar-refractivity contribution in [2.45, 2.75) is 97.5 Å². The molecule has 4 fully saturated rings. The Kier molecular flexibility index (Phi) is 5.15. The van der Waals surface area contributed by atoms with Crippen LogP contribution in [-0.2, 0) is 4.79 Å². The van der Waals surface area contributed by atoms with Crippen LogP contribution in [0.3, 0.4) is 0 Å². The molecule has 0 aromatic rings. The molecule has 0 bridgehead atoms. The smallest absolute Gasteiger partial charge is 0.303 e. The van der Waals surface area contributed by atoms with E-state index in [0.717, 1.165) is 18.8 Å². The average molecular weight is 377 g/mol. The fourth-order valence-electron chi connectivity index (χ4n) is 8.78. The summed E-state index contributed by atoms with van der Waals surface area (Å²) in [5, 5.41) is 20.3. The zero-order valence-corrected chi connectivity index (χ0v) is 17.6. The number of aliphatic hydroxyl groups excluding tert-OH is 1. The fourth-order valence-corrected chi connectivity index (χ4v) is 8.78. The highest BCUT2D eigenvalue weighted by Crippen LogP contribution is 2.68. The number of carboxylic acids is 1. The van der Waals surface area contributed by atoms with E-state index in [9.17, 15) is 9.90 Å². The van der Waals surface area contributed by atoms with Crippen LogP contribution in [0.2, 0.25) is 0 Å². The molecule has 9 atom stereocenters. The average Bonchev–Trinajstić information content (AvgIpc) is 2.97. The van der Waals surface area contributed by atoms with Gasteiger partial charge in [0.25, 0.3) is 0 Å². The summed E-state index contributed by atoms with van der Waals surface area (Å²) >= 11 is 0. The fraction of sp³-hybridized carbons (Fsp3) is 0.958. The number of rotatable bonds is 4. The van der Waals surface area contributed by atoms with Crippen LogP contribution in [0.25, 0.3) is 0 Å². The number of hydrogen-bond acceptors (Lipinski definition) is 2. The monoisotopic (exact) mass is 376 g/mol. The summed E-state index contributed by atoms with van der Waals surface area (Å²) in [5.41, 5.74) is 0.758. The van der Waals surface area contributed by atoms with Crippen molar-refractivity contribution in [2.75, 3.05) is 0 Å². The molecule has 0 aromatic heterocycles. The van der Waals surface area contributed by atoms with Crippen molar-refractivity contribution in [3.05, 3.63) is 0 Å². The van der Waals surface area contributed by atoms with E-state index in [-0.39, 0.29) is 6.10 Å². The van der Waals surface area contributed by atoms with Crippen LogP contribution in [0.1, 0.15) is 91.4 Å². The molecular weight excluding hydrogens is 336 g/mol. The minimum atomic E-state index is -0.663. The third kappa shape index (κ3) is 3.07. The van der Waals surface area contributed by atoms with Gasteiger partial charge >= 0.3 is 5.97 Å². The van der Waals surface area contributed by atoms with Gasteiger partial charge in [0.05, 0.1) is 6.10 Å². The maximum atomic E-state index is 11.2. The second-order valence-electron chi connectivity index (χ2n) is 11.2. The highest BCUT2D eigenvalue weighted by atomic mass is 16.4. The van der Waals surface area contributed by atoms with Crippen LogP contribution in [0.15, 0.2) is 0 Å². The van der Waals surface area contributed by atoms with Gasteiger partial charge in [0, 0.05) is 6.42 Å². The molecule has 27 heavy (non-hydrogen) atoms. The Hall–Kier alpha value is -0.570. The molecule has 0 heterocycles. The first-order chi connectivity index (χ1) is 12.8. The van der Waals surface area contributed by atoms with E-state index >= 15 is 0 Å². The van der Waals surface area contributed by atoms with Crippen molar-refractivity contribution in [1.29, 1.82) is 0 Å². The van der Waals surface area contributed by atoms with E-state index in [1.807, 2.05) is 0 Å². The number of aliphatic carboxylic acids is 1. The molecule has 0 amide bonds. The van der Waals surface area contributed by atoms with Gasteiger partial charge in [-0.05, 0) is 97.7 Å². The molecule has 2 N–H and O–H groups in total. The van der Waals surface area contributed by atoms with Gasteiger partial charge in [-0.2, -0.15) is 0 Å². The summed E-state index contributed by atoms with van der Waals surface area (Å²) in [6, 6.07) is 0. The first-order valence-corrected chi connectivity index (χ1v) is 11.7. The molecule has 4 saturated carbocycles. The molecule has 0 radical (unpaired) electrons. The lowest BCUT2D eigenvalue weighted by molar-refractivity contribution is -0.164. The molecule has 154 valence electrons. The maximum Gasteiger partial charge on any atom is 0.303 e. The molecule has 0 saturated heterocycles. The van der Waals surface area contributed by atoms with Gasteiger partial charge in [-0.25, -0.2) is 0 Å². The lowest BCUT2D eigenvalue weighted by Crippen LogP contribution is -2.57. The van der Waals surface area contributed by atoms with Crippen molar-refractivity contribution in [2.24, 2.45) is 46.3 Å². The summed E-state index contributed by atoms with van der Waals surface area (Å²) in [4.78, 5) is 11.0. The number of fused-ring (bicyclic) bond motifs is 5. The molecule has 0 aromatic carbocycles. The highest BCUT2D eigenvalue weighted by Gasteiger charge is 2.62. The standard InChI is InChI=1S/C24H40O3/c1-15(7-10-21(26)27)17-8-9-18-22-19(11-13-24(17,18)3)23(2)12-5-4-6-16(23)14-20(22)25/h15-20,22,25H,4-14H2,1-3H3,(H,26,27)/t15-,16-,17+,18-,19+,20+,22+,23-,24+/m0/s1. The zero-order valence-electron chi connectivity index (χ0n) is 17.6. The molecule has 4 aliphatic carbocycles. The van der Waals surface area contributed by atoms with Crippen molar-refractivity contribution in [1.82, 2.24) is 0 Å². The van der Waals surface area contributed by atoms with Gasteiger partial charge in [-0.3, -0.25) is 4.79 Å². The Morgan fingerprint density at radius 2 is 1.78 bits per heavy atom. The molecular formula is C24H40O3. The summed E-state index contributed by atoms with van der Waals surface area (Å²) < 4.78 is 0. The largest absolute Gasteiger partial charge is 0.481 e. The Morgan fingerprint density at radius 3 is 2.52 bits per heavy atom. The minimum Gasteiger partial charge on any atom is -0.481 e. The number of hydrogen-bond donors (Lipinski definition) is 2. The van der Waals surface area contributed by atoms with Crippen molar-refractivity contribution in [3.63, 3.8) is 0 Å². The minimum absolute atomic E-state index is 0.108. The van der Waals surface area contributed by atoms with E-state index in [1.165, 1.54) is 51.4 Å². The summed E-state index contributed by atoms with van der Waals surface area (Å²) in [6.45, 7) is 7.33. The molecule has 4 aliphatic rings. The molecule has 3 nitrogen and oxygen atoms in total. The third-order valence-corrected chi connectivity index (χ3v) is 10.2.